The lowest BCUT2D eigenvalue weighted by Crippen LogP contribution is -2.19. The average Bonchev–Trinajstić information content (AvgIpc) is 3.29. The Balaban J connectivity index is 1.65. The van der Waals surface area contributed by atoms with E-state index in [0.29, 0.717) is 22.9 Å². The number of nitrogens with zero attached hydrogens (tertiary/aromatic N) is 3. The Bertz CT molecular complexity index is 775. The van der Waals surface area contributed by atoms with Gasteiger partial charge in [-0.05, 0) is 43.5 Å². The second kappa shape index (κ2) is 5.99. The van der Waals surface area contributed by atoms with Crippen LogP contribution in [-0.2, 0) is 0 Å². The molecule has 3 rings (SSSR count). The zero-order valence-electron chi connectivity index (χ0n) is 12.4. The summed E-state index contributed by atoms with van der Waals surface area (Å²) in [7, 11) is 0. The van der Waals surface area contributed by atoms with Crippen molar-refractivity contribution in [2.24, 2.45) is 5.10 Å². The van der Waals surface area contributed by atoms with Gasteiger partial charge in [0.15, 0.2) is 5.69 Å². The van der Waals surface area contributed by atoms with Crippen molar-refractivity contribution in [3.63, 3.8) is 0 Å². The molecule has 2 aromatic rings. The average molecular weight is 313 g/mol. The fourth-order valence-electron chi connectivity index (χ4n) is 2.14. The summed E-state index contributed by atoms with van der Waals surface area (Å²) in [4.78, 5) is 22.1. The van der Waals surface area contributed by atoms with Gasteiger partial charge in [-0.25, -0.2) is 5.43 Å². The number of nitro benzene ring substituents is 1. The predicted molar refractivity (Wildman–Crippen MR) is 83.3 cm³/mol. The monoisotopic (exact) mass is 313 g/mol. The number of nitrogens with one attached hydrogen (secondary N) is 2. The van der Waals surface area contributed by atoms with Crippen LogP contribution in [-0.4, -0.2) is 26.7 Å². The predicted octanol–water partition coefficient (Wildman–Crippen LogP) is 2.35. The van der Waals surface area contributed by atoms with E-state index in [1.807, 2.05) is 0 Å². The largest absolute Gasteiger partial charge is 0.291 e. The van der Waals surface area contributed by atoms with Crippen molar-refractivity contribution in [1.29, 1.82) is 0 Å². The molecule has 1 aliphatic carbocycles. The van der Waals surface area contributed by atoms with Crippen LogP contribution in [0, 0.1) is 10.1 Å². The number of aromatic amines is 1. The van der Waals surface area contributed by atoms with Gasteiger partial charge in [-0.1, -0.05) is 0 Å². The zero-order valence-corrected chi connectivity index (χ0v) is 12.4. The van der Waals surface area contributed by atoms with Gasteiger partial charge in [0.25, 0.3) is 11.6 Å². The Morgan fingerprint density at radius 3 is 2.70 bits per heavy atom. The van der Waals surface area contributed by atoms with Crippen LogP contribution in [0.1, 0.15) is 47.4 Å². The molecule has 23 heavy (non-hydrogen) atoms. The Morgan fingerprint density at radius 1 is 1.39 bits per heavy atom. The highest BCUT2D eigenvalue weighted by Gasteiger charge is 2.26. The van der Waals surface area contributed by atoms with Gasteiger partial charge in [0.05, 0.1) is 10.6 Å². The van der Waals surface area contributed by atoms with Crippen LogP contribution in [0.15, 0.2) is 35.4 Å². The molecule has 8 nitrogen and oxygen atoms in total. The molecule has 0 atom stereocenters. The van der Waals surface area contributed by atoms with E-state index in [-0.39, 0.29) is 5.69 Å². The number of hydrazone groups is 1. The first-order valence-electron chi connectivity index (χ1n) is 7.19. The van der Waals surface area contributed by atoms with Gasteiger partial charge in [0.1, 0.15) is 0 Å². The lowest BCUT2D eigenvalue weighted by atomic mass is 10.1. The summed E-state index contributed by atoms with van der Waals surface area (Å²) in [6.07, 6.45) is 2.25. The van der Waals surface area contributed by atoms with Crippen LogP contribution >= 0.6 is 0 Å². The molecule has 118 valence electrons. The van der Waals surface area contributed by atoms with Gasteiger partial charge in [-0.3, -0.25) is 20.0 Å². The molecule has 0 unspecified atom stereocenters. The standard InChI is InChI=1S/C15H15N5O3/c1-9(10-4-6-12(7-5-10)20(22)23)16-19-15(21)14-8-13(17-18-14)11-2-3-11/h4-8,11H,2-3H2,1H3,(H,17,18)(H,19,21)/b16-9+. The van der Waals surface area contributed by atoms with Crippen LogP contribution in [0.5, 0.6) is 0 Å². The van der Waals surface area contributed by atoms with E-state index in [1.165, 1.54) is 12.1 Å². The lowest BCUT2D eigenvalue weighted by Gasteiger charge is -2.01. The third-order valence-corrected chi connectivity index (χ3v) is 3.67. The van der Waals surface area contributed by atoms with Crippen molar-refractivity contribution in [3.05, 3.63) is 57.4 Å². The molecule has 8 heteroatoms. The highest BCUT2D eigenvalue weighted by Crippen LogP contribution is 2.38. The maximum absolute atomic E-state index is 12.0. The number of non-ortho nitro benzene ring substituents is 1. The summed E-state index contributed by atoms with van der Waals surface area (Å²) in [6, 6.07) is 7.70. The van der Waals surface area contributed by atoms with Gasteiger partial charge in [-0.15, -0.1) is 0 Å². The van der Waals surface area contributed by atoms with Crippen molar-refractivity contribution in [2.45, 2.75) is 25.7 Å². The van der Waals surface area contributed by atoms with Crippen LogP contribution in [0.3, 0.4) is 0 Å². The molecule has 1 aliphatic rings. The Labute approximate surface area is 131 Å². The molecule has 1 saturated carbocycles. The number of carbonyl (C=O) groups is 1. The Morgan fingerprint density at radius 2 is 2.09 bits per heavy atom. The van der Waals surface area contributed by atoms with Gasteiger partial charge >= 0.3 is 0 Å². The quantitative estimate of drug-likeness (QED) is 0.501. The lowest BCUT2D eigenvalue weighted by molar-refractivity contribution is -0.384. The van der Waals surface area contributed by atoms with E-state index in [9.17, 15) is 14.9 Å². The molecule has 2 N–H and O–H groups in total. The molecule has 0 radical (unpaired) electrons. The van der Waals surface area contributed by atoms with Gasteiger partial charge < -0.3 is 0 Å². The number of amides is 1. The molecule has 1 aromatic heterocycles. The molecule has 0 aliphatic heterocycles. The molecule has 0 saturated heterocycles. The summed E-state index contributed by atoms with van der Waals surface area (Å²) >= 11 is 0. The van der Waals surface area contributed by atoms with Crippen LogP contribution < -0.4 is 5.43 Å². The number of H-pyrrole nitrogens is 1. The zero-order chi connectivity index (χ0) is 16.4. The van der Waals surface area contributed by atoms with Crippen LogP contribution in [0.25, 0.3) is 0 Å². The highest BCUT2D eigenvalue weighted by atomic mass is 16.6. The smallest absolute Gasteiger partial charge is 0.281 e. The first-order valence-corrected chi connectivity index (χ1v) is 7.19. The summed E-state index contributed by atoms with van der Waals surface area (Å²) in [5.41, 5.74) is 4.96. The van der Waals surface area contributed by atoms with Crippen LogP contribution in [0.2, 0.25) is 0 Å². The molecular weight excluding hydrogens is 298 g/mol. The van der Waals surface area contributed by atoms with E-state index in [0.717, 1.165) is 18.5 Å². The van der Waals surface area contributed by atoms with E-state index in [1.54, 1.807) is 25.1 Å². The second-order valence-corrected chi connectivity index (χ2v) is 5.42. The second-order valence-electron chi connectivity index (χ2n) is 5.42. The van der Waals surface area contributed by atoms with Crippen LogP contribution in [0.4, 0.5) is 5.69 Å². The third kappa shape index (κ3) is 3.42. The minimum Gasteiger partial charge on any atom is -0.281 e. The molecule has 1 fully saturated rings. The van der Waals surface area contributed by atoms with Crippen molar-refractivity contribution in [3.8, 4) is 0 Å². The number of rotatable bonds is 5. The molecular formula is C15H15N5O3. The Kier molecular flexibility index (Phi) is 3.88. The van der Waals surface area contributed by atoms with Gasteiger partial charge in [0.2, 0.25) is 0 Å². The fraction of sp³-hybridized carbons (Fsp3) is 0.267. The first kappa shape index (κ1) is 14.9. The first-order chi connectivity index (χ1) is 11.0. The van der Waals surface area contributed by atoms with Crippen molar-refractivity contribution in [1.82, 2.24) is 15.6 Å². The van der Waals surface area contributed by atoms with Crippen molar-refractivity contribution in [2.75, 3.05) is 0 Å². The number of aromatic nitrogens is 2. The normalized spacial score (nSPS) is 14.6. The summed E-state index contributed by atoms with van der Waals surface area (Å²) in [5, 5.41) is 21.5. The van der Waals surface area contributed by atoms with Gasteiger partial charge in [0, 0.05) is 23.7 Å². The van der Waals surface area contributed by atoms with Crippen molar-refractivity contribution < 1.29 is 9.72 Å². The molecule has 1 aromatic carbocycles. The molecule has 1 heterocycles. The van der Waals surface area contributed by atoms with E-state index in [2.05, 4.69) is 20.7 Å². The number of hydrogen-bond acceptors (Lipinski definition) is 5. The molecule has 0 bridgehead atoms. The SMILES string of the molecule is C/C(=N\NC(=O)c1cc(C2CC2)[nH]n1)c1ccc([N+](=O)[O-])cc1. The topological polar surface area (TPSA) is 113 Å². The number of nitro groups is 1. The number of benzene rings is 1. The molecule has 0 spiro atoms. The summed E-state index contributed by atoms with van der Waals surface area (Å²) in [6.45, 7) is 1.71. The third-order valence-electron chi connectivity index (χ3n) is 3.67. The maximum Gasteiger partial charge on any atom is 0.291 e. The number of hydrogen-bond donors (Lipinski definition) is 2. The molecule has 1 amide bonds. The minimum atomic E-state index is -0.465. The van der Waals surface area contributed by atoms with Crippen molar-refractivity contribution >= 4 is 17.3 Å². The van der Waals surface area contributed by atoms with E-state index >= 15 is 0 Å². The fourth-order valence-corrected chi connectivity index (χ4v) is 2.14. The minimum absolute atomic E-state index is 0.00899. The van der Waals surface area contributed by atoms with Gasteiger partial charge in [-0.2, -0.15) is 10.2 Å². The van der Waals surface area contributed by atoms with E-state index in [4.69, 9.17) is 0 Å². The highest BCUT2D eigenvalue weighted by molar-refractivity contribution is 6.00. The summed E-state index contributed by atoms with van der Waals surface area (Å²) in [5.74, 6) is 0.101. The number of carbonyl (C=O) groups excluding carboxylic acids is 1. The maximum atomic E-state index is 12.0. The summed E-state index contributed by atoms with van der Waals surface area (Å²) < 4.78 is 0. The van der Waals surface area contributed by atoms with E-state index < -0.39 is 10.8 Å². The Hall–Kier alpha value is -3.03.